The van der Waals surface area contributed by atoms with Crippen LogP contribution in [0.3, 0.4) is 0 Å². The Kier molecular flexibility index (Phi) is 6.66. The summed E-state index contributed by atoms with van der Waals surface area (Å²) in [5.41, 5.74) is 3.14. The zero-order valence-corrected chi connectivity index (χ0v) is 17.6. The number of rotatable bonds is 7. The van der Waals surface area contributed by atoms with Crippen LogP contribution >= 0.6 is 0 Å². The molecule has 33 heavy (non-hydrogen) atoms. The molecule has 0 aliphatic carbocycles. The molecule has 0 aliphatic rings. The van der Waals surface area contributed by atoms with Crippen LogP contribution < -0.4 is 14.8 Å². The second-order valence-corrected chi connectivity index (χ2v) is 7.23. The summed E-state index contributed by atoms with van der Waals surface area (Å²) in [6, 6.07) is 30.3. The molecule has 1 amide bonds. The van der Waals surface area contributed by atoms with Crippen LogP contribution in [0.25, 0.3) is 11.1 Å². The Morgan fingerprint density at radius 2 is 1.39 bits per heavy atom. The highest BCUT2D eigenvalue weighted by molar-refractivity contribution is 5.90. The summed E-state index contributed by atoms with van der Waals surface area (Å²) in [5.74, 6) is -0.133. The maximum absolute atomic E-state index is 12.1. The van der Waals surface area contributed by atoms with Crippen LogP contribution in [0.5, 0.6) is 11.5 Å². The molecule has 0 heterocycles. The number of carboxylic acids is 1. The standard InChI is InChI=1S/C27H21NO5/c29-26(30)22-15-21(16-25(17-22)32-18-19-7-3-1-4-8-19)20-11-13-23(14-12-20)28-27(31)33-24-9-5-2-6-10-24/h1-17H,18H2,(H,28,31)(H,29,30). The largest absolute Gasteiger partial charge is 0.489 e. The molecule has 0 fully saturated rings. The number of hydrogen-bond acceptors (Lipinski definition) is 4. The first-order valence-corrected chi connectivity index (χ1v) is 10.3. The molecule has 164 valence electrons. The quantitative estimate of drug-likeness (QED) is 0.356. The van der Waals surface area contributed by atoms with Crippen LogP contribution in [0.4, 0.5) is 10.5 Å². The van der Waals surface area contributed by atoms with E-state index < -0.39 is 12.1 Å². The molecule has 0 aromatic heterocycles. The molecule has 0 atom stereocenters. The van der Waals surface area contributed by atoms with E-state index in [-0.39, 0.29) is 5.56 Å². The zero-order chi connectivity index (χ0) is 23.0. The van der Waals surface area contributed by atoms with E-state index in [9.17, 15) is 14.7 Å². The van der Waals surface area contributed by atoms with E-state index in [1.54, 1.807) is 60.7 Å². The van der Waals surface area contributed by atoms with Gasteiger partial charge in [0, 0.05) is 5.69 Å². The fourth-order valence-corrected chi connectivity index (χ4v) is 3.20. The number of carbonyl (C=O) groups is 2. The molecule has 0 aliphatic heterocycles. The van der Waals surface area contributed by atoms with Crippen molar-refractivity contribution < 1.29 is 24.2 Å². The van der Waals surface area contributed by atoms with Gasteiger partial charge >= 0.3 is 12.1 Å². The molecule has 4 aromatic rings. The molecular weight excluding hydrogens is 418 g/mol. The Bertz CT molecular complexity index is 1240. The number of amides is 1. The summed E-state index contributed by atoms with van der Waals surface area (Å²) in [6.45, 7) is 0.329. The predicted molar refractivity (Wildman–Crippen MR) is 126 cm³/mol. The van der Waals surface area contributed by atoms with Crippen molar-refractivity contribution in [2.24, 2.45) is 0 Å². The summed E-state index contributed by atoms with van der Waals surface area (Å²) in [5, 5.41) is 12.2. The molecule has 0 saturated heterocycles. The van der Waals surface area contributed by atoms with Gasteiger partial charge in [0.2, 0.25) is 0 Å². The highest BCUT2D eigenvalue weighted by Crippen LogP contribution is 2.28. The molecular formula is C27H21NO5. The first kappa shape index (κ1) is 21.6. The number of para-hydroxylation sites is 1. The fraction of sp³-hybridized carbons (Fsp3) is 0.0370. The van der Waals surface area contributed by atoms with Crippen molar-refractivity contribution >= 4 is 17.7 Å². The number of aromatic carboxylic acids is 1. The monoisotopic (exact) mass is 439 g/mol. The summed E-state index contributed by atoms with van der Waals surface area (Å²) in [6.07, 6.45) is -0.599. The Morgan fingerprint density at radius 3 is 2.06 bits per heavy atom. The normalized spacial score (nSPS) is 10.3. The Balaban J connectivity index is 1.48. The maximum atomic E-state index is 12.1. The number of nitrogens with one attached hydrogen (secondary N) is 1. The minimum Gasteiger partial charge on any atom is -0.489 e. The van der Waals surface area contributed by atoms with Gasteiger partial charge in [-0.3, -0.25) is 5.32 Å². The number of ether oxygens (including phenoxy) is 2. The number of benzene rings is 4. The second-order valence-electron chi connectivity index (χ2n) is 7.23. The maximum Gasteiger partial charge on any atom is 0.417 e. The zero-order valence-electron chi connectivity index (χ0n) is 17.6. The summed E-state index contributed by atoms with van der Waals surface area (Å²) < 4.78 is 11.1. The van der Waals surface area contributed by atoms with Crippen molar-refractivity contribution in [3.63, 3.8) is 0 Å². The Morgan fingerprint density at radius 1 is 0.727 bits per heavy atom. The lowest BCUT2D eigenvalue weighted by Crippen LogP contribution is -2.16. The molecule has 0 unspecified atom stereocenters. The fourth-order valence-electron chi connectivity index (χ4n) is 3.20. The number of carbonyl (C=O) groups excluding carboxylic acids is 1. The van der Waals surface area contributed by atoms with Crippen molar-refractivity contribution in [2.45, 2.75) is 6.61 Å². The molecule has 2 N–H and O–H groups in total. The van der Waals surface area contributed by atoms with Crippen LogP contribution in [0.2, 0.25) is 0 Å². The van der Waals surface area contributed by atoms with Crippen molar-refractivity contribution in [1.82, 2.24) is 0 Å². The van der Waals surface area contributed by atoms with Gasteiger partial charge in [0.05, 0.1) is 5.56 Å². The average Bonchev–Trinajstić information content (AvgIpc) is 2.84. The topological polar surface area (TPSA) is 84.9 Å². The smallest absolute Gasteiger partial charge is 0.417 e. The lowest BCUT2D eigenvalue weighted by Gasteiger charge is -2.11. The van der Waals surface area contributed by atoms with Gasteiger partial charge in [-0.05, 0) is 59.2 Å². The highest BCUT2D eigenvalue weighted by Gasteiger charge is 2.11. The second kappa shape index (κ2) is 10.2. The van der Waals surface area contributed by atoms with Gasteiger partial charge in [0.25, 0.3) is 0 Å². The first-order valence-electron chi connectivity index (χ1n) is 10.3. The number of carboxylic acid groups (broad SMARTS) is 1. The minimum absolute atomic E-state index is 0.129. The van der Waals surface area contributed by atoms with Gasteiger partial charge in [-0.25, -0.2) is 9.59 Å². The Hall–Kier alpha value is -4.58. The average molecular weight is 439 g/mol. The molecule has 4 aromatic carbocycles. The van der Waals surface area contributed by atoms with Crippen LogP contribution in [0.1, 0.15) is 15.9 Å². The third kappa shape index (κ3) is 5.98. The lowest BCUT2D eigenvalue weighted by atomic mass is 10.0. The van der Waals surface area contributed by atoms with Crippen LogP contribution in [0, 0.1) is 0 Å². The molecule has 4 rings (SSSR count). The van der Waals surface area contributed by atoms with Crippen molar-refractivity contribution in [2.75, 3.05) is 5.32 Å². The SMILES string of the molecule is O=C(Nc1ccc(-c2cc(OCc3ccccc3)cc(C(=O)O)c2)cc1)Oc1ccccc1. The van der Waals surface area contributed by atoms with E-state index in [2.05, 4.69) is 5.32 Å². The van der Waals surface area contributed by atoms with Crippen LogP contribution in [-0.2, 0) is 6.61 Å². The van der Waals surface area contributed by atoms with E-state index in [1.807, 2.05) is 36.4 Å². The first-order chi connectivity index (χ1) is 16.1. The summed E-state index contributed by atoms with van der Waals surface area (Å²) >= 11 is 0. The van der Waals surface area contributed by atoms with Crippen LogP contribution in [0.15, 0.2) is 103 Å². The van der Waals surface area contributed by atoms with Gasteiger partial charge in [0.1, 0.15) is 18.1 Å². The molecule has 6 nitrogen and oxygen atoms in total. The molecule has 0 spiro atoms. The van der Waals surface area contributed by atoms with Gasteiger partial charge in [-0.15, -0.1) is 0 Å². The molecule has 0 saturated carbocycles. The third-order valence-corrected chi connectivity index (χ3v) is 4.82. The van der Waals surface area contributed by atoms with Crippen molar-refractivity contribution in [3.05, 3.63) is 114 Å². The molecule has 6 heteroatoms. The van der Waals surface area contributed by atoms with E-state index in [1.165, 1.54) is 6.07 Å². The van der Waals surface area contributed by atoms with E-state index in [0.717, 1.165) is 11.1 Å². The van der Waals surface area contributed by atoms with Gasteiger partial charge in [-0.1, -0.05) is 60.7 Å². The number of anilines is 1. The van der Waals surface area contributed by atoms with Gasteiger partial charge in [-0.2, -0.15) is 0 Å². The molecule has 0 radical (unpaired) electrons. The van der Waals surface area contributed by atoms with Crippen molar-refractivity contribution in [3.8, 4) is 22.6 Å². The van der Waals surface area contributed by atoms with Gasteiger partial charge in [0.15, 0.2) is 0 Å². The summed E-state index contributed by atoms with van der Waals surface area (Å²) in [7, 11) is 0. The highest BCUT2D eigenvalue weighted by atomic mass is 16.6. The van der Waals surface area contributed by atoms with Gasteiger partial charge < -0.3 is 14.6 Å². The lowest BCUT2D eigenvalue weighted by molar-refractivity contribution is 0.0696. The van der Waals surface area contributed by atoms with E-state index in [4.69, 9.17) is 9.47 Å². The molecule has 0 bridgehead atoms. The van der Waals surface area contributed by atoms with Crippen LogP contribution in [-0.4, -0.2) is 17.2 Å². The van der Waals surface area contributed by atoms with E-state index in [0.29, 0.717) is 29.4 Å². The van der Waals surface area contributed by atoms with E-state index >= 15 is 0 Å². The summed E-state index contributed by atoms with van der Waals surface area (Å²) in [4.78, 5) is 23.7. The van der Waals surface area contributed by atoms with Crippen molar-refractivity contribution in [1.29, 1.82) is 0 Å². The predicted octanol–water partition coefficient (Wildman–Crippen LogP) is 6.24. The minimum atomic E-state index is -1.04. The Labute approximate surface area is 191 Å². The number of hydrogen-bond donors (Lipinski definition) is 2. The third-order valence-electron chi connectivity index (χ3n) is 4.82.